The van der Waals surface area contributed by atoms with Crippen LogP contribution in [0.15, 0.2) is 24.3 Å². The summed E-state index contributed by atoms with van der Waals surface area (Å²) < 4.78 is 9.57. The van der Waals surface area contributed by atoms with Gasteiger partial charge in [0, 0.05) is 12.7 Å². The Kier molecular flexibility index (Phi) is 4.59. The lowest BCUT2D eigenvalue weighted by atomic mass is 10.2. The number of hydrogen-bond acceptors (Lipinski definition) is 4. The van der Waals surface area contributed by atoms with Gasteiger partial charge < -0.3 is 9.47 Å². The van der Waals surface area contributed by atoms with Crippen LogP contribution in [0.2, 0.25) is 0 Å². The molecule has 82 valence electrons. The van der Waals surface area contributed by atoms with E-state index in [2.05, 4.69) is 10.2 Å². The van der Waals surface area contributed by atoms with E-state index < -0.39 is 0 Å². The summed E-state index contributed by atoms with van der Waals surface area (Å²) in [7, 11) is 3.04. The Morgan fingerprint density at radius 1 is 1.27 bits per heavy atom. The molecule has 0 atom stereocenters. The fraction of sp³-hybridized carbons (Fsp3) is 0.300. The highest BCUT2D eigenvalue weighted by molar-refractivity contribution is 5.93. The molecule has 0 heterocycles. The Morgan fingerprint density at radius 2 is 1.93 bits per heavy atom. The maximum Gasteiger partial charge on any atom is 0.274 e. The molecule has 5 heteroatoms. The number of ether oxygens (including phenoxy) is 2. The van der Waals surface area contributed by atoms with E-state index in [4.69, 9.17) is 9.57 Å². The molecule has 15 heavy (non-hydrogen) atoms. The third-order valence-corrected chi connectivity index (χ3v) is 1.69. The molecule has 0 aromatic heterocycles. The van der Waals surface area contributed by atoms with E-state index in [1.807, 2.05) is 0 Å². The Morgan fingerprint density at radius 3 is 2.47 bits per heavy atom. The molecule has 5 nitrogen and oxygen atoms in total. The van der Waals surface area contributed by atoms with Crippen LogP contribution in [-0.4, -0.2) is 26.9 Å². The number of carbonyl (C=O) groups excluding carboxylic acids is 1. The quantitative estimate of drug-likeness (QED) is 0.447. The number of nitrogens with one attached hydrogen (secondary N) is 1. The minimum Gasteiger partial charge on any atom is -0.497 e. The zero-order valence-electron chi connectivity index (χ0n) is 8.65. The van der Waals surface area contributed by atoms with Crippen LogP contribution in [0.4, 0.5) is 0 Å². The number of rotatable bonds is 5. The second kappa shape index (κ2) is 6.00. The number of benzene rings is 1. The summed E-state index contributed by atoms with van der Waals surface area (Å²) in [5.74, 6) is 0.374. The normalized spacial score (nSPS) is 9.73. The first-order valence-corrected chi connectivity index (χ1v) is 4.33. The highest BCUT2D eigenvalue weighted by Crippen LogP contribution is 2.10. The van der Waals surface area contributed by atoms with Crippen molar-refractivity contribution in [3.05, 3.63) is 29.8 Å². The van der Waals surface area contributed by atoms with Gasteiger partial charge in [-0.1, -0.05) is 0 Å². The van der Waals surface area contributed by atoms with Crippen LogP contribution < -0.4 is 10.2 Å². The molecule has 0 unspecified atom stereocenters. The van der Waals surface area contributed by atoms with Crippen LogP contribution in [0.25, 0.3) is 0 Å². The molecule has 0 bridgehead atoms. The van der Waals surface area contributed by atoms with Gasteiger partial charge in [0.1, 0.15) is 5.75 Å². The molecule has 0 spiro atoms. The smallest absolute Gasteiger partial charge is 0.274 e. The fourth-order valence-electron chi connectivity index (χ4n) is 0.955. The van der Waals surface area contributed by atoms with E-state index in [0.29, 0.717) is 11.3 Å². The zero-order chi connectivity index (χ0) is 11.1. The maximum absolute atomic E-state index is 11.4. The molecule has 1 rings (SSSR count). The molecule has 1 aromatic rings. The fourth-order valence-corrected chi connectivity index (χ4v) is 0.955. The molecular formula is C10H13NO4. The number of hydrogen-bond donors (Lipinski definition) is 1. The molecule has 1 amide bonds. The minimum atomic E-state index is -0.324. The van der Waals surface area contributed by atoms with E-state index in [0.717, 1.165) is 0 Å². The van der Waals surface area contributed by atoms with Crippen molar-refractivity contribution in [1.82, 2.24) is 5.48 Å². The Bertz CT molecular complexity index is 310. The van der Waals surface area contributed by atoms with Crippen LogP contribution in [-0.2, 0) is 9.57 Å². The van der Waals surface area contributed by atoms with Crippen molar-refractivity contribution in [3.63, 3.8) is 0 Å². The topological polar surface area (TPSA) is 56.8 Å². The minimum absolute atomic E-state index is 0.0158. The lowest BCUT2D eigenvalue weighted by Crippen LogP contribution is -2.24. The first kappa shape index (κ1) is 11.5. The summed E-state index contributed by atoms with van der Waals surface area (Å²) in [6.07, 6.45) is 0. The molecule has 1 N–H and O–H groups in total. The van der Waals surface area contributed by atoms with Crippen molar-refractivity contribution in [2.24, 2.45) is 0 Å². The van der Waals surface area contributed by atoms with Crippen molar-refractivity contribution in [2.45, 2.75) is 0 Å². The average molecular weight is 211 g/mol. The van der Waals surface area contributed by atoms with Crippen molar-refractivity contribution in [1.29, 1.82) is 0 Å². The molecule has 0 saturated carbocycles. The van der Waals surface area contributed by atoms with E-state index in [1.165, 1.54) is 7.11 Å². The first-order chi connectivity index (χ1) is 7.27. The molecule has 0 aliphatic rings. The molecule has 0 saturated heterocycles. The molecule has 1 aromatic carbocycles. The lowest BCUT2D eigenvalue weighted by Gasteiger charge is -2.05. The third-order valence-electron chi connectivity index (χ3n) is 1.69. The Labute approximate surface area is 87.9 Å². The highest BCUT2D eigenvalue weighted by atomic mass is 16.8. The van der Waals surface area contributed by atoms with Gasteiger partial charge in [0.25, 0.3) is 5.91 Å². The second-order valence-electron chi connectivity index (χ2n) is 2.71. The van der Waals surface area contributed by atoms with Gasteiger partial charge in [0.05, 0.1) is 7.11 Å². The van der Waals surface area contributed by atoms with Crippen molar-refractivity contribution in [3.8, 4) is 5.75 Å². The molecule has 0 aliphatic carbocycles. The van der Waals surface area contributed by atoms with E-state index >= 15 is 0 Å². The summed E-state index contributed by atoms with van der Waals surface area (Å²) >= 11 is 0. The summed E-state index contributed by atoms with van der Waals surface area (Å²) in [6, 6.07) is 6.69. The van der Waals surface area contributed by atoms with Gasteiger partial charge in [-0.05, 0) is 24.3 Å². The van der Waals surface area contributed by atoms with Crippen LogP contribution in [0.3, 0.4) is 0 Å². The van der Waals surface area contributed by atoms with E-state index in [1.54, 1.807) is 31.4 Å². The monoisotopic (exact) mass is 211 g/mol. The number of carbonyl (C=O) groups is 1. The molecule has 0 aliphatic heterocycles. The lowest BCUT2D eigenvalue weighted by molar-refractivity contribution is -0.0704. The summed E-state index contributed by atoms with van der Waals surface area (Å²) in [5.41, 5.74) is 2.73. The number of amides is 1. The van der Waals surface area contributed by atoms with Crippen molar-refractivity contribution >= 4 is 5.91 Å². The predicted molar refractivity (Wildman–Crippen MR) is 53.4 cm³/mol. The molecule has 0 radical (unpaired) electrons. The number of hydroxylamine groups is 1. The second-order valence-corrected chi connectivity index (χ2v) is 2.71. The van der Waals surface area contributed by atoms with Gasteiger partial charge in [-0.15, -0.1) is 0 Å². The van der Waals surface area contributed by atoms with Crippen LogP contribution >= 0.6 is 0 Å². The Hall–Kier alpha value is -1.59. The average Bonchev–Trinajstić information content (AvgIpc) is 2.29. The van der Waals surface area contributed by atoms with Gasteiger partial charge in [-0.25, -0.2) is 10.3 Å². The highest BCUT2D eigenvalue weighted by Gasteiger charge is 2.04. The van der Waals surface area contributed by atoms with Crippen LogP contribution in [0, 0.1) is 0 Å². The van der Waals surface area contributed by atoms with Gasteiger partial charge in [0.15, 0.2) is 6.79 Å². The van der Waals surface area contributed by atoms with E-state index in [9.17, 15) is 4.79 Å². The van der Waals surface area contributed by atoms with Gasteiger partial charge in [0.2, 0.25) is 0 Å². The predicted octanol–water partition coefficient (Wildman–Crippen LogP) is 0.960. The largest absolute Gasteiger partial charge is 0.497 e. The third kappa shape index (κ3) is 3.57. The summed E-state index contributed by atoms with van der Waals surface area (Å²) in [5, 5.41) is 0. The van der Waals surface area contributed by atoms with E-state index in [-0.39, 0.29) is 12.7 Å². The molecule has 0 fully saturated rings. The van der Waals surface area contributed by atoms with Gasteiger partial charge >= 0.3 is 0 Å². The summed E-state index contributed by atoms with van der Waals surface area (Å²) in [4.78, 5) is 16.1. The maximum atomic E-state index is 11.4. The SMILES string of the molecule is COCONC(=O)c1ccc(OC)cc1. The van der Waals surface area contributed by atoms with Crippen LogP contribution in [0.5, 0.6) is 5.75 Å². The van der Waals surface area contributed by atoms with Gasteiger partial charge in [-0.2, -0.15) is 0 Å². The van der Waals surface area contributed by atoms with Crippen LogP contribution in [0.1, 0.15) is 10.4 Å². The van der Waals surface area contributed by atoms with Crippen molar-refractivity contribution < 1.29 is 19.1 Å². The zero-order valence-corrected chi connectivity index (χ0v) is 8.65. The van der Waals surface area contributed by atoms with Gasteiger partial charge in [-0.3, -0.25) is 4.79 Å². The summed E-state index contributed by atoms with van der Waals surface area (Å²) in [6.45, 7) is 0.0158. The van der Waals surface area contributed by atoms with Crippen molar-refractivity contribution in [2.75, 3.05) is 21.0 Å². The first-order valence-electron chi connectivity index (χ1n) is 4.33. The standard InChI is InChI=1S/C10H13NO4/c1-13-7-15-11-10(12)8-3-5-9(14-2)6-4-8/h3-6H,7H2,1-2H3,(H,11,12). The molecular weight excluding hydrogens is 198 g/mol. The number of methoxy groups -OCH3 is 2. The Balaban J connectivity index is 2.50.